The second kappa shape index (κ2) is 6.31. The van der Waals surface area contributed by atoms with Crippen molar-refractivity contribution in [3.63, 3.8) is 0 Å². The summed E-state index contributed by atoms with van der Waals surface area (Å²) in [5.74, 6) is 0. The van der Waals surface area contributed by atoms with Crippen molar-refractivity contribution in [2.75, 3.05) is 0 Å². The fraction of sp³-hybridized carbons (Fsp3) is 0.278. The zero-order chi connectivity index (χ0) is 14.1. The maximum Gasteiger partial charge on any atom is 0.0707 e. The van der Waals surface area contributed by atoms with Gasteiger partial charge in [-0.15, -0.1) is 12.4 Å². The summed E-state index contributed by atoms with van der Waals surface area (Å²) >= 11 is 0. The molecule has 0 amide bonds. The van der Waals surface area contributed by atoms with E-state index in [1.807, 2.05) is 6.20 Å². The highest BCUT2D eigenvalue weighted by atomic mass is 35.5. The molecular formula is C18H21ClN2. The highest BCUT2D eigenvalue weighted by Gasteiger charge is 2.14. The predicted octanol–water partition coefficient (Wildman–Crippen LogP) is 4.69. The van der Waals surface area contributed by atoms with E-state index in [2.05, 4.69) is 66.7 Å². The second-order valence-corrected chi connectivity index (χ2v) is 5.27. The molecule has 3 rings (SSSR count). The molecule has 0 aliphatic rings. The number of aromatic nitrogens is 2. The molecule has 3 aromatic rings. The standard InChI is InChI=1S/C18H20N2.ClH/c1-4-20-14(3)13(2)16-10-11-19-17(18(16)20)12-15-8-6-5-7-9-15;/h5-11H,4,12H2,1-3H3;1H. The van der Waals surface area contributed by atoms with Gasteiger partial charge in [-0.25, -0.2) is 0 Å². The predicted molar refractivity (Wildman–Crippen MR) is 91.4 cm³/mol. The first-order valence-corrected chi connectivity index (χ1v) is 7.19. The van der Waals surface area contributed by atoms with Crippen LogP contribution in [-0.4, -0.2) is 9.55 Å². The summed E-state index contributed by atoms with van der Waals surface area (Å²) in [5.41, 5.74) is 6.51. The quantitative estimate of drug-likeness (QED) is 0.686. The van der Waals surface area contributed by atoms with E-state index in [1.54, 1.807) is 0 Å². The SMILES string of the molecule is CCn1c(C)c(C)c2ccnc(Cc3ccccc3)c21.Cl. The molecular weight excluding hydrogens is 280 g/mol. The third kappa shape index (κ3) is 2.68. The van der Waals surface area contributed by atoms with E-state index < -0.39 is 0 Å². The van der Waals surface area contributed by atoms with Gasteiger partial charge in [0.05, 0.1) is 11.2 Å². The molecule has 0 aliphatic carbocycles. The molecule has 0 spiro atoms. The van der Waals surface area contributed by atoms with Crippen LogP contribution in [0.3, 0.4) is 0 Å². The van der Waals surface area contributed by atoms with Gasteiger partial charge >= 0.3 is 0 Å². The van der Waals surface area contributed by atoms with Crippen LogP contribution in [0.5, 0.6) is 0 Å². The molecule has 0 fully saturated rings. The summed E-state index contributed by atoms with van der Waals surface area (Å²) < 4.78 is 2.38. The minimum Gasteiger partial charge on any atom is -0.343 e. The van der Waals surface area contributed by atoms with E-state index in [4.69, 9.17) is 0 Å². The molecule has 0 aliphatic heterocycles. The van der Waals surface area contributed by atoms with Gasteiger partial charge in [0.25, 0.3) is 0 Å². The summed E-state index contributed by atoms with van der Waals surface area (Å²) in [6, 6.07) is 12.7. The van der Waals surface area contributed by atoms with E-state index in [-0.39, 0.29) is 12.4 Å². The Morgan fingerprint density at radius 3 is 2.43 bits per heavy atom. The Balaban J connectivity index is 0.00000161. The fourth-order valence-corrected chi connectivity index (χ4v) is 2.98. The molecule has 0 saturated carbocycles. The summed E-state index contributed by atoms with van der Waals surface area (Å²) in [4.78, 5) is 4.64. The molecule has 0 radical (unpaired) electrons. The normalized spacial score (nSPS) is 10.6. The number of benzene rings is 1. The Morgan fingerprint density at radius 1 is 1.05 bits per heavy atom. The highest BCUT2D eigenvalue weighted by molar-refractivity contribution is 5.87. The van der Waals surface area contributed by atoms with Gasteiger partial charge in [0.1, 0.15) is 0 Å². The van der Waals surface area contributed by atoms with Crippen LogP contribution in [0, 0.1) is 13.8 Å². The zero-order valence-corrected chi connectivity index (χ0v) is 13.6. The van der Waals surface area contributed by atoms with Crippen molar-refractivity contribution in [3.8, 4) is 0 Å². The molecule has 0 N–H and O–H groups in total. The Morgan fingerprint density at radius 2 is 1.76 bits per heavy atom. The smallest absolute Gasteiger partial charge is 0.0707 e. The van der Waals surface area contributed by atoms with Gasteiger partial charge in [-0.05, 0) is 38.0 Å². The van der Waals surface area contributed by atoms with Gasteiger partial charge in [-0.3, -0.25) is 4.98 Å². The molecule has 2 nitrogen and oxygen atoms in total. The van der Waals surface area contributed by atoms with Gasteiger partial charge in [0.2, 0.25) is 0 Å². The second-order valence-electron chi connectivity index (χ2n) is 5.27. The van der Waals surface area contributed by atoms with Crippen LogP contribution in [0.1, 0.15) is 29.4 Å². The molecule has 21 heavy (non-hydrogen) atoms. The molecule has 0 saturated heterocycles. The largest absolute Gasteiger partial charge is 0.343 e. The lowest BCUT2D eigenvalue weighted by atomic mass is 10.1. The van der Waals surface area contributed by atoms with Crippen molar-refractivity contribution < 1.29 is 0 Å². The first-order valence-electron chi connectivity index (χ1n) is 7.19. The third-order valence-corrected chi connectivity index (χ3v) is 4.15. The number of pyridine rings is 1. The molecule has 0 bridgehead atoms. The number of hydrogen-bond acceptors (Lipinski definition) is 1. The lowest BCUT2D eigenvalue weighted by molar-refractivity contribution is 0.760. The van der Waals surface area contributed by atoms with Crippen molar-refractivity contribution in [2.24, 2.45) is 0 Å². The number of rotatable bonds is 3. The molecule has 2 heterocycles. The Kier molecular flexibility index (Phi) is 4.69. The number of nitrogens with zero attached hydrogens (tertiary/aromatic N) is 2. The monoisotopic (exact) mass is 300 g/mol. The Hall–Kier alpha value is -1.80. The van der Waals surface area contributed by atoms with Gasteiger partial charge in [0, 0.05) is 30.2 Å². The number of aryl methyl sites for hydroxylation is 2. The minimum atomic E-state index is 0. The van der Waals surface area contributed by atoms with Gasteiger partial charge in [-0.1, -0.05) is 30.3 Å². The number of fused-ring (bicyclic) bond motifs is 1. The lowest BCUT2D eigenvalue weighted by Gasteiger charge is -2.08. The topological polar surface area (TPSA) is 17.8 Å². The fourth-order valence-electron chi connectivity index (χ4n) is 2.98. The summed E-state index contributed by atoms with van der Waals surface area (Å²) in [5, 5.41) is 1.34. The van der Waals surface area contributed by atoms with Crippen LogP contribution >= 0.6 is 12.4 Å². The van der Waals surface area contributed by atoms with Crippen LogP contribution in [-0.2, 0) is 13.0 Å². The molecule has 110 valence electrons. The van der Waals surface area contributed by atoms with Crippen molar-refractivity contribution >= 4 is 23.3 Å². The average molecular weight is 301 g/mol. The van der Waals surface area contributed by atoms with Gasteiger partial charge < -0.3 is 4.57 Å². The first-order chi connectivity index (χ1) is 9.72. The Bertz CT molecular complexity index is 745. The Labute approximate surface area is 132 Å². The number of halogens is 1. The van der Waals surface area contributed by atoms with Crippen LogP contribution in [0.2, 0.25) is 0 Å². The van der Waals surface area contributed by atoms with Crippen molar-refractivity contribution in [1.82, 2.24) is 9.55 Å². The van der Waals surface area contributed by atoms with Gasteiger partial charge in [-0.2, -0.15) is 0 Å². The zero-order valence-electron chi connectivity index (χ0n) is 12.8. The van der Waals surface area contributed by atoms with Crippen LogP contribution in [0.4, 0.5) is 0 Å². The lowest BCUT2D eigenvalue weighted by Crippen LogP contribution is -2.01. The van der Waals surface area contributed by atoms with E-state index >= 15 is 0 Å². The maximum absolute atomic E-state index is 4.64. The van der Waals surface area contributed by atoms with Crippen LogP contribution < -0.4 is 0 Å². The average Bonchev–Trinajstić information content (AvgIpc) is 2.73. The molecule has 0 atom stereocenters. The van der Waals surface area contributed by atoms with Crippen molar-refractivity contribution in [2.45, 2.75) is 33.7 Å². The number of hydrogen-bond donors (Lipinski definition) is 0. The molecule has 2 aromatic heterocycles. The molecule has 3 heteroatoms. The maximum atomic E-state index is 4.64. The summed E-state index contributed by atoms with van der Waals surface area (Å²) in [7, 11) is 0. The van der Waals surface area contributed by atoms with E-state index in [1.165, 1.54) is 33.4 Å². The van der Waals surface area contributed by atoms with Gasteiger partial charge in [0.15, 0.2) is 0 Å². The van der Waals surface area contributed by atoms with E-state index in [0.717, 1.165) is 13.0 Å². The minimum absolute atomic E-state index is 0. The van der Waals surface area contributed by atoms with Crippen LogP contribution in [0.15, 0.2) is 42.6 Å². The molecule has 1 aromatic carbocycles. The summed E-state index contributed by atoms with van der Waals surface area (Å²) in [6.45, 7) is 7.59. The molecule has 0 unspecified atom stereocenters. The summed E-state index contributed by atoms with van der Waals surface area (Å²) in [6.07, 6.45) is 2.83. The van der Waals surface area contributed by atoms with E-state index in [9.17, 15) is 0 Å². The third-order valence-electron chi connectivity index (χ3n) is 4.15. The van der Waals surface area contributed by atoms with Crippen molar-refractivity contribution in [3.05, 3.63) is 65.1 Å². The first kappa shape index (κ1) is 15.6. The van der Waals surface area contributed by atoms with Crippen molar-refractivity contribution in [1.29, 1.82) is 0 Å². The highest BCUT2D eigenvalue weighted by Crippen LogP contribution is 2.27. The van der Waals surface area contributed by atoms with E-state index in [0.29, 0.717) is 0 Å². The van der Waals surface area contributed by atoms with Crippen LogP contribution in [0.25, 0.3) is 10.9 Å².